The summed E-state index contributed by atoms with van der Waals surface area (Å²) in [4.78, 5) is 15.0. The van der Waals surface area contributed by atoms with Crippen LogP contribution in [-0.2, 0) is 5.41 Å². The monoisotopic (exact) mass is 683 g/mol. The quantitative estimate of drug-likeness (QED) is 0.181. The minimum atomic E-state index is -0.148. The van der Waals surface area contributed by atoms with Crippen molar-refractivity contribution in [1.29, 1.82) is 0 Å². The third-order valence-corrected chi connectivity index (χ3v) is 10.4. The standard InChI is InChI=1S/C48H33N3O2/c1-48(2)39-21-10-9-19-37(39)38-28-42-43(29-40(38)48)53-44-36(20-12-22-41(44)52-42)34-17-11-18-35(27-34)47-50-45(32-15-7-4-8-16-32)49-46(51-47)33-25-23-31(24-26-33)30-13-5-3-6-14-30/h3-29H,1-2H3. The van der Waals surface area contributed by atoms with Gasteiger partial charge < -0.3 is 9.47 Å². The van der Waals surface area contributed by atoms with Gasteiger partial charge in [-0.3, -0.25) is 0 Å². The fraction of sp³-hybridized carbons (Fsp3) is 0.0625. The van der Waals surface area contributed by atoms with E-state index in [1.807, 2.05) is 60.7 Å². The lowest BCUT2D eigenvalue weighted by molar-refractivity contribution is 0.360. The van der Waals surface area contributed by atoms with Crippen molar-refractivity contribution in [2.45, 2.75) is 19.3 Å². The van der Waals surface area contributed by atoms with Crippen LogP contribution in [0.15, 0.2) is 164 Å². The van der Waals surface area contributed by atoms with Crippen LogP contribution in [0.3, 0.4) is 0 Å². The summed E-state index contributed by atoms with van der Waals surface area (Å²) in [5, 5.41) is 0. The first kappa shape index (κ1) is 30.9. The summed E-state index contributed by atoms with van der Waals surface area (Å²) in [6.07, 6.45) is 0. The summed E-state index contributed by atoms with van der Waals surface area (Å²) in [5.74, 6) is 4.62. The average Bonchev–Trinajstić information content (AvgIpc) is 3.44. The third-order valence-electron chi connectivity index (χ3n) is 10.4. The number of nitrogens with zero attached hydrogens (tertiary/aromatic N) is 3. The van der Waals surface area contributed by atoms with Crippen molar-refractivity contribution >= 4 is 0 Å². The highest BCUT2D eigenvalue weighted by molar-refractivity contribution is 5.85. The molecule has 53 heavy (non-hydrogen) atoms. The molecule has 0 N–H and O–H groups in total. The van der Waals surface area contributed by atoms with Gasteiger partial charge in [0.25, 0.3) is 0 Å². The Labute approximate surface area is 308 Å². The average molecular weight is 684 g/mol. The molecule has 10 rings (SSSR count). The second-order valence-electron chi connectivity index (χ2n) is 14.0. The SMILES string of the molecule is CC1(C)c2ccccc2-c2cc3c(cc21)Oc1c(cccc1-c1cccc(-c2nc(-c4ccccc4)nc(-c4ccc(-c5ccccc5)cc4)n2)c1)O3. The minimum absolute atomic E-state index is 0.148. The van der Waals surface area contributed by atoms with Crippen LogP contribution in [0.5, 0.6) is 23.0 Å². The van der Waals surface area contributed by atoms with Crippen LogP contribution in [0, 0.1) is 0 Å². The van der Waals surface area contributed by atoms with E-state index in [0.717, 1.165) is 44.7 Å². The second kappa shape index (κ2) is 12.1. The van der Waals surface area contributed by atoms with Gasteiger partial charge in [0.05, 0.1) is 0 Å². The molecule has 0 fully saturated rings. The molecule has 7 aromatic carbocycles. The first-order valence-corrected chi connectivity index (χ1v) is 17.8. The Morgan fingerprint density at radius 3 is 1.64 bits per heavy atom. The molecule has 0 atom stereocenters. The van der Waals surface area contributed by atoms with Gasteiger partial charge in [0, 0.05) is 27.7 Å². The molecule has 1 aliphatic carbocycles. The van der Waals surface area contributed by atoms with Crippen molar-refractivity contribution in [2.24, 2.45) is 0 Å². The Bertz CT molecular complexity index is 2690. The van der Waals surface area contributed by atoms with E-state index in [4.69, 9.17) is 24.4 Å². The van der Waals surface area contributed by atoms with Crippen LogP contribution in [-0.4, -0.2) is 15.0 Å². The fourth-order valence-corrected chi connectivity index (χ4v) is 7.64. The highest BCUT2D eigenvalue weighted by atomic mass is 16.6. The zero-order valence-electron chi connectivity index (χ0n) is 29.2. The lowest BCUT2D eigenvalue weighted by atomic mass is 9.82. The van der Waals surface area contributed by atoms with Gasteiger partial charge in [-0.25, -0.2) is 15.0 Å². The van der Waals surface area contributed by atoms with E-state index in [1.165, 1.54) is 22.3 Å². The molecular formula is C48H33N3O2. The predicted octanol–water partition coefficient (Wildman–Crippen LogP) is 12.4. The van der Waals surface area contributed by atoms with Crippen LogP contribution in [0.25, 0.3) is 67.5 Å². The molecule has 2 aliphatic rings. The summed E-state index contributed by atoms with van der Waals surface area (Å²) in [6, 6.07) is 56.0. The van der Waals surface area contributed by atoms with Crippen LogP contribution in [0.2, 0.25) is 0 Å². The topological polar surface area (TPSA) is 57.1 Å². The van der Waals surface area contributed by atoms with Gasteiger partial charge in [0.2, 0.25) is 0 Å². The van der Waals surface area contributed by atoms with Gasteiger partial charge in [0.1, 0.15) is 0 Å². The maximum absolute atomic E-state index is 6.76. The van der Waals surface area contributed by atoms with Crippen molar-refractivity contribution in [3.05, 3.63) is 175 Å². The van der Waals surface area contributed by atoms with E-state index in [-0.39, 0.29) is 5.41 Å². The minimum Gasteiger partial charge on any atom is -0.449 e. The number of benzene rings is 7. The van der Waals surface area contributed by atoms with Crippen LogP contribution in [0.1, 0.15) is 25.0 Å². The van der Waals surface area contributed by atoms with E-state index < -0.39 is 0 Å². The van der Waals surface area contributed by atoms with Crippen molar-refractivity contribution in [2.75, 3.05) is 0 Å². The number of para-hydroxylation sites is 1. The smallest absolute Gasteiger partial charge is 0.177 e. The van der Waals surface area contributed by atoms with E-state index >= 15 is 0 Å². The number of fused-ring (bicyclic) bond motifs is 5. The maximum atomic E-state index is 6.76. The number of rotatable bonds is 5. The van der Waals surface area contributed by atoms with Gasteiger partial charge in [-0.05, 0) is 63.2 Å². The molecule has 252 valence electrons. The molecule has 1 aliphatic heterocycles. The maximum Gasteiger partial charge on any atom is 0.177 e. The normalized spacial score (nSPS) is 13.2. The lowest BCUT2D eigenvalue weighted by Crippen LogP contribution is -2.15. The summed E-state index contributed by atoms with van der Waals surface area (Å²) in [5.41, 5.74) is 11.7. The second-order valence-corrected chi connectivity index (χ2v) is 14.0. The predicted molar refractivity (Wildman–Crippen MR) is 211 cm³/mol. The molecule has 0 bridgehead atoms. The molecule has 0 radical (unpaired) electrons. The van der Waals surface area contributed by atoms with Gasteiger partial charge in [-0.2, -0.15) is 0 Å². The Kier molecular flexibility index (Phi) is 7.08. The van der Waals surface area contributed by atoms with Crippen LogP contribution < -0.4 is 9.47 Å². The molecule has 5 nitrogen and oxygen atoms in total. The Morgan fingerprint density at radius 2 is 0.887 bits per heavy atom. The molecule has 8 aromatic rings. The van der Waals surface area contributed by atoms with Crippen molar-refractivity contribution in [3.63, 3.8) is 0 Å². The molecular weight excluding hydrogens is 651 g/mol. The Hall–Kier alpha value is -6.85. The van der Waals surface area contributed by atoms with E-state index in [1.54, 1.807) is 0 Å². The molecule has 0 amide bonds. The number of ether oxygens (including phenoxy) is 2. The van der Waals surface area contributed by atoms with Gasteiger partial charge in [-0.15, -0.1) is 0 Å². The van der Waals surface area contributed by atoms with Crippen molar-refractivity contribution < 1.29 is 9.47 Å². The summed E-state index contributed by atoms with van der Waals surface area (Å²) in [6.45, 7) is 4.54. The molecule has 0 spiro atoms. The van der Waals surface area contributed by atoms with Crippen LogP contribution in [0.4, 0.5) is 0 Å². The van der Waals surface area contributed by atoms with Crippen LogP contribution >= 0.6 is 0 Å². The molecule has 0 saturated heterocycles. The third kappa shape index (κ3) is 5.28. The molecule has 5 heteroatoms. The largest absolute Gasteiger partial charge is 0.449 e. The summed E-state index contributed by atoms with van der Waals surface area (Å²) < 4.78 is 13.3. The Balaban J connectivity index is 1.03. The molecule has 2 heterocycles. The van der Waals surface area contributed by atoms with E-state index in [9.17, 15) is 0 Å². The summed E-state index contributed by atoms with van der Waals surface area (Å²) in [7, 11) is 0. The van der Waals surface area contributed by atoms with Crippen molar-refractivity contribution in [1.82, 2.24) is 15.0 Å². The summed E-state index contributed by atoms with van der Waals surface area (Å²) >= 11 is 0. The van der Waals surface area contributed by atoms with Crippen molar-refractivity contribution in [3.8, 4) is 90.5 Å². The molecule has 0 unspecified atom stereocenters. The highest BCUT2D eigenvalue weighted by Crippen LogP contribution is 2.56. The lowest BCUT2D eigenvalue weighted by Gasteiger charge is -2.26. The first-order valence-electron chi connectivity index (χ1n) is 17.8. The zero-order valence-corrected chi connectivity index (χ0v) is 29.2. The zero-order chi connectivity index (χ0) is 35.5. The number of hydrogen-bond acceptors (Lipinski definition) is 5. The van der Waals surface area contributed by atoms with E-state index in [0.29, 0.717) is 34.7 Å². The first-order chi connectivity index (χ1) is 26.0. The highest BCUT2D eigenvalue weighted by Gasteiger charge is 2.37. The number of hydrogen-bond donors (Lipinski definition) is 0. The van der Waals surface area contributed by atoms with Gasteiger partial charge >= 0.3 is 0 Å². The van der Waals surface area contributed by atoms with Gasteiger partial charge in [0.15, 0.2) is 40.5 Å². The molecule has 0 saturated carbocycles. The Morgan fingerprint density at radius 1 is 0.358 bits per heavy atom. The fourth-order valence-electron chi connectivity index (χ4n) is 7.64. The number of aromatic nitrogens is 3. The molecule has 1 aromatic heterocycles. The van der Waals surface area contributed by atoms with Gasteiger partial charge in [-0.1, -0.05) is 153 Å². The van der Waals surface area contributed by atoms with E-state index in [2.05, 4.69) is 117 Å².